The lowest BCUT2D eigenvalue weighted by atomic mass is 9.91. The standard InChI is InChI=1S/C14H19ClO.C13H18ClNO.C12H16ClNO.C10H15N.C9H10F2O.C8H6F4O.C8H11N.C7H6F3NO/c1-10-6-13(11(2)14(15)7-10)8-12-4-3-5-16-9-12;1-10-5-12(14)7-13(6-10)16-9-11-3-4-15(2)8-11;1-9-5-10(13)7-12(6-9)15-11-3-4-14(2)8-11;1-8-5-6-9(11-7-8)10(2,3)4;1-6-3-4-7(2)8(5-6)12-9(10)11;1-5-2-6(9)4-7(3-5)13-8(10,11)12;1-6-4-7(2)9-8(3)5-6;1-5-4-6(2-3-11-5)12-7(8,9)10/h6-7,12H,3-5,8-9H2,1-2H3;5-7,11H,3-4,8-9H2,1-2H3;5-7,11H,3-4,8H2,1-2H3;5-7H,1-4H3;3-5,9H,1-2H3;2-4H,1H3;4-5H,1-3H3;2-4H,1H3. The monoisotopic (exact) mass is 1520 g/mol. The van der Waals surface area contributed by atoms with Crippen molar-refractivity contribution in [3.8, 4) is 28.7 Å². The topological polar surface area (TPSA) is 101 Å². The fourth-order valence-corrected chi connectivity index (χ4v) is 11.8. The van der Waals surface area contributed by atoms with Gasteiger partial charge in [-0.2, -0.15) is 8.78 Å². The van der Waals surface area contributed by atoms with E-state index in [1.807, 2.05) is 89.3 Å². The largest absolute Gasteiger partial charge is 0.573 e. The summed E-state index contributed by atoms with van der Waals surface area (Å²) in [5.41, 5.74) is 14.7. The van der Waals surface area contributed by atoms with E-state index >= 15 is 0 Å². The van der Waals surface area contributed by atoms with Crippen molar-refractivity contribution < 1.29 is 67.9 Å². The van der Waals surface area contributed by atoms with Crippen molar-refractivity contribution >= 4 is 34.8 Å². The minimum atomic E-state index is -4.78. The molecule has 3 atom stereocenters. The predicted molar refractivity (Wildman–Crippen MR) is 400 cm³/mol. The Hall–Kier alpha value is -7.33. The molecule has 3 fully saturated rings. The van der Waals surface area contributed by atoms with Gasteiger partial charge in [0.15, 0.2) is 0 Å². The number of ether oxygens (including phenoxy) is 6. The van der Waals surface area contributed by atoms with Crippen molar-refractivity contribution in [1.82, 2.24) is 24.8 Å². The number of halogens is 12. The molecule has 23 heteroatoms. The Morgan fingerprint density at radius 1 is 0.548 bits per heavy atom. The van der Waals surface area contributed by atoms with E-state index in [4.69, 9.17) is 49.0 Å². The molecule has 0 spiro atoms. The molecule has 0 bridgehead atoms. The molecule has 0 aliphatic carbocycles. The summed E-state index contributed by atoms with van der Waals surface area (Å²) < 4.78 is 135. The molecule has 0 N–H and O–H groups in total. The Morgan fingerprint density at radius 3 is 1.63 bits per heavy atom. The molecule has 0 radical (unpaired) electrons. The van der Waals surface area contributed by atoms with Gasteiger partial charge in [-0.15, -0.1) is 26.3 Å². The average Bonchev–Trinajstić information content (AvgIpc) is 1.34. The van der Waals surface area contributed by atoms with Crippen molar-refractivity contribution in [2.75, 3.05) is 60.1 Å². The highest BCUT2D eigenvalue weighted by molar-refractivity contribution is 6.31. The predicted octanol–water partition coefficient (Wildman–Crippen LogP) is 22.6. The molecule has 3 aromatic heterocycles. The van der Waals surface area contributed by atoms with Crippen molar-refractivity contribution in [1.29, 1.82) is 0 Å². The number of likely N-dealkylation sites (tertiary alicyclic amines) is 2. The summed E-state index contributed by atoms with van der Waals surface area (Å²) in [6.07, 6.45) is -0.00202. The first-order chi connectivity index (χ1) is 48.5. The second-order valence-electron chi connectivity index (χ2n) is 27.5. The Morgan fingerprint density at radius 2 is 1.12 bits per heavy atom. The normalized spacial score (nSPS) is 15.7. The number of benzene rings is 5. The third kappa shape index (κ3) is 37.6. The number of alkyl halides is 8. The number of pyridine rings is 3. The van der Waals surface area contributed by atoms with Crippen LogP contribution in [0.3, 0.4) is 0 Å². The van der Waals surface area contributed by atoms with Gasteiger partial charge in [-0.1, -0.05) is 79.8 Å². The maximum absolute atomic E-state index is 12.6. The van der Waals surface area contributed by atoms with Crippen LogP contribution in [0, 0.1) is 101 Å². The van der Waals surface area contributed by atoms with Crippen LogP contribution in [0.25, 0.3) is 0 Å². The van der Waals surface area contributed by atoms with Crippen LogP contribution in [0.4, 0.5) is 39.5 Å². The summed E-state index contributed by atoms with van der Waals surface area (Å²) in [4.78, 5) is 16.9. The van der Waals surface area contributed by atoms with E-state index in [0.29, 0.717) is 35.3 Å². The molecule has 0 amide bonds. The van der Waals surface area contributed by atoms with Gasteiger partial charge in [-0.05, 0) is 282 Å². The Kier molecular flexibility index (Phi) is 37.1. The Labute approximate surface area is 624 Å². The van der Waals surface area contributed by atoms with Crippen molar-refractivity contribution in [3.63, 3.8) is 0 Å². The third-order valence-electron chi connectivity index (χ3n) is 15.8. The van der Waals surface area contributed by atoms with Gasteiger partial charge in [0.1, 0.15) is 40.7 Å². The highest BCUT2D eigenvalue weighted by atomic mass is 35.5. The first-order valence-electron chi connectivity index (χ1n) is 34.2. The zero-order valence-corrected chi connectivity index (χ0v) is 65.0. The molecule has 0 saturated carbocycles. The summed E-state index contributed by atoms with van der Waals surface area (Å²) in [5.74, 6) is 1.83. The highest BCUT2D eigenvalue weighted by Crippen LogP contribution is 2.30. The van der Waals surface area contributed by atoms with Crippen LogP contribution >= 0.6 is 34.8 Å². The number of hydrogen-bond acceptors (Lipinski definition) is 11. The van der Waals surface area contributed by atoms with Crippen LogP contribution in [0.2, 0.25) is 15.1 Å². The third-order valence-corrected chi connectivity index (χ3v) is 16.7. The fraction of sp³-hybridized carbons (Fsp3) is 0.444. The number of nitrogens with zero attached hydrogens (tertiary/aromatic N) is 5. The first kappa shape index (κ1) is 89.1. The van der Waals surface area contributed by atoms with Gasteiger partial charge < -0.3 is 38.2 Å². The number of rotatable bonds is 11. The van der Waals surface area contributed by atoms with Crippen molar-refractivity contribution in [2.45, 2.75) is 167 Å². The lowest BCUT2D eigenvalue weighted by Gasteiger charge is -2.23. The van der Waals surface area contributed by atoms with Gasteiger partial charge in [0.2, 0.25) is 0 Å². The van der Waals surface area contributed by atoms with Crippen LogP contribution in [-0.2, 0) is 16.6 Å². The highest BCUT2D eigenvalue weighted by Gasteiger charge is 2.32. The van der Waals surface area contributed by atoms with Gasteiger partial charge in [0.05, 0.1) is 6.61 Å². The lowest BCUT2D eigenvalue weighted by Crippen LogP contribution is -2.21. The summed E-state index contributed by atoms with van der Waals surface area (Å²) in [6, 6.07) is 34.8. The van der Waals surface area contributed by atoms with E-state index in [1.54, 1.807) is 26.0 Å². The number of likely N-dealkylation sites (N-methyl/N-ethyl adjacent to an activating group) is 1. The minimum absolute atomic E-state index is 0.174. The van der Waals surface area contributed by atoms with Crippen LogP contribution in [-0.4, -0.2) is 110 Å². The van der Waals surface area contributed by atoms with Crippen molar-refractivity contribution in [2.24, 2.45) is 11.8 Å². The van der Waals surface area contributed by atoms with Crippen LogP contribution < -0.4 is 23.7 Å². The average molecular weight is 1520 g/mol. The minimum Gasteiger partial charge on any atom is -0.493 e. The van der Waals surface area contributed by atoms with Crippen LogP contribution in [0.15, 0.2) is 134 Å². The quantitative estimate of drug-likeness (QED) is 0.116. The number of hydrogen-bond donors (Lipinski definition) is 0. The molecule has 3 aliphatic rings. The summed E-state index contributed by atoms with van der Waals surface area (Å²) in [6.45, 7) is 33.9. The molecule has 104 heavy (non-hydrogen) atoms. The van der Waals surface area contributed by atoms with E-state index in [2.05, 4.69) is 132 Å². The van der Waals surface area contributed by atoms with Gasteiger partial charge in [-0.3, -0.25) is 15.0 Å². The zero-order chi connectivity index (χ0) is 77.6. The van der Waals surface area contributed by atoms with Gasteiger partial charge in [-0.25, -0.2) is 4.39 Å². The Bertz CT molecular complexity index is 3780. The van der Waals surface area contributed by atoms with Gasteiger partial charge >= 0.3 is 19.3 Å². The maximum Gasteiger partial charge on any atom is 0.573 e. The van der Waals surface area contributed by atoms with E-state index in [-0.39, 0.29) is 16.9 Å². The molecule has 3 saturated heterocycles. The molecule has 5 aromatic carbocycles. The maximum atomic E-state index is 12.6. The molecule has 3 unspecified atom stereocenters. The first-order valence-corrected chi connectivity index (χ1v) is 35.3. The van der Waals surface area contributed by atoms with Crippen molar-refractivity contribution in [3.05, 3.63) is 233 Å². The van der Waals surface area contributed by atoms with Crippen LogP contribution in [0.5, 0.6) is 28.7 Å². The SMILES string of the molecule is Cc1cc(C)nc(C)c1.Cc1cc(Cl)c(C)c(CC2CCCOC2)c1.Cc1cc(Cl)cc(OC2CCN(C)C2)c1.Cc1cc(Cl)cc(OCC2CCN(C)C2)c1.Cc1cc(F)cc(OC(F)(F)F)c1.Cc1cc(OC(F)(F)F)ccn1.Cc1ccc(C(C)(C)C)nc1.Cc1ccc(C)c(OC(F)F)c1. The number of aryl methyl sites for hydroxylation is 11. The molecule has 6 heterocycles. The summed E-state index contributed by atoms with van der Waals surface area (Å²) in [7, 11) is 4.27. The van der Waals surface area contributed by atoms with Crippen LogP contribution in [0.1, 0.15) is 125 Å². The molecule has 11 nitrogen and oxygen atoms in total. The molecule has 3 aliphatic heterocycles. The number of aromatic nitrogens is 3. The fourth-order valence-electron chi connectivity index (χ4n) is 11.0. The van der Waals surface area contributed by atoms with Gasteiger partial charge in [0, 0.05) is 107 Å². The zero-order valence-electron chi connectivity index (χ0n) is 62.7. The molecule has 570 valence electrons. The second-order valence-corrected chi connectivity index (χ2v) is 28.8. The molecular weight excluding hydrogens is 1420 g/mol. The van der Waals surface area contributed by atoms with E-state index < -0.39 is 30.9 Å². The van der Waals surface area contributed by atoms with E-state index in [1.165, 1.54) is 72.8 Å². The molecule has 11 rings (SSSR count). The van der Waals surface area contributed by atoms with Gasteiger partial charge in [0.25, 0.3) is 0 Å². The lowest BCUT2D eigenvalue weighted by molar-refractivity contribution is -0.275. The smallest absolute Gasteiger partial charge is 0.493 e. The molecule has 8 aromatic rings. The second kappa shape index (κ2) is 43.3. The van der Waals surface area contributed by atoms with E-state index in [9.17, 15) is 39.5 Å². The molecular formula is C81H101Cl3F9N5O6. The summed E-state index contributed by atoms with van der Waals surface area (Å²) in [5, 5.41) is 2.39. The van der Waals surface area contributed by atoms with E-state index in [0.717, 1.165) is 136 Å². The Balaban J connectivity index is 0.000000253. The summed E-state index contributed by atoms with van der Waals surface area (Å²) >= 11 is 18.2.